The summed E-state index contributed by atoms with van der Waals surface area (Å²) < 4.78 is 2.33. The van der Waals surface area contributed by atoms with Gasteiger partial charge in [0, 0.05) is 36.6 Å². The van der Waals surface area contributed by atoms with Gasteiger partial charge in [0.2, 0.25) is 0 Å². The number of hydrogen-bond donors (Lipinski definition) is 1. The van der Waals surface area contributed by atoms with Crippen molar-refractivity contribution < 1.29 is 5.11 Å². The molecule has 0 spiro atoms. The van der Waals surface area contributed by atoms with Crippen LogP contribution in [0.15, 0.2) is 12.3 Å². The van der Waals surface area contributed by atoms with E-state index in [1.807, 2.05) is 0 Å². The molecule has 0 bridgehead atoms. The molecule has 2 rings (SSSR count). The number of aromatic nitrogens is 1. The molecular weight excluding hydrogens is 224 g/mol. The van der Waals surface area contributed by atoms with E-state index in [1.165, 1.54) is 12.1 Å². The number of aliphatic hydroxyl groups excluding tert-OH is 1. The Morgan fingerprint density at radius 2 is 2.33 bits per heavy atom. The molecule has 1 aliphatic rings. The molecule has 1 N–H and O–H groups in total. The van der Waals surface area contributed by atoms with Gasteiger partial charge >= 0.3 is 0 Å². The minimum absolute atomic E-state index is 0.234. The number of fused-ring (bicyclic) bond motifs is 1. The molecule has 1 aromatic rings. The second-order valence-corrected chi connectivity index (χ2v) is 5.56. The Morgan fingerprint density at radius 1 is 1.56 bits per heavy atom. The van der Waals surface area contributed by atoms with Crippen molar-refractivity contribution in [2.45, 2.75) is 58.2 Å². The number of hydrogen-bond acceptors (Lipinski definition) is 2. The molecule has 2 unspecified atom stereocenters. The molecule has 0 saturated heterocycles. The van der Waals surface area contributed by atoms with Gasteiger partial charge < -0.3 is 14.6 Å². The largest absolute Gasteiger partial charge is 0.388 e. The molecule has 0 saturated carbocycles. The topological polar surface area (TPSA) is 28.4 Å². The fourth-order valence-electron chi connectivity index (χ4n) is 2.74. The smallest absolute Gasteiger partial charge is 0.0807 e. The van der Waals surface area contributed by atoms with E-state index in [0.29, 0.717) is 6.04 Å². The van der Waals surface area contributed by atoms with Gasteiger partial charge in [0.15, 0.2) is 0 Å². The van der Waals surface area contributed by atoms with Crippen molar-refractivity contribution in [3.05, 3.63) is 23.5 Å². The Balaban J connectivity index is 1.98. The molecule has 1 aliphatic carbocycles. The van der Waals surface area contributed by atoms with Gasteiger partial charge in [-0.25, -0.2) is 0 Å². The van der Waals surface area contributed by atoms with Gasteiger partial charge in [-0.3, -0.25) is 0 Å². The molecule has 1 heterocycles. The lowest BCUT2D eigenvalue weighted by molar-refractivity contribution is 0.155. The van der Waals surface area contributed by atoms with E-state index in [2.05, 4.69) is 42.6 Å². The highest BCUT2D eigenvalue weighted by atomic mass is 16.3. The van der Waals surface area contributed by atoms with Crippen LogP contribution in [0.3, 0.4) is 0 Å². The Bertz CT molecular complexity index is 386. The van der Waals surface area contributed by atoms with Crippen LogP contribution in [0, 0.1) is 0 Å². The van der Waals surface area contributed by atoms with Gasteiger partial charge in [-0.05, 0) is 45.7 Å². The Labute approximate surface area is 110 Å². The number of aliphatic hydroxyl groups is 1. The zero-order valence-corrected chi connectivity index (χ0v) is 11.9. The Hall–Kier alpha value is -0.800. The van der Waals surface area contributed by atoms with Crippen LogP contribution in [0.4, 0.5) is 0 Å². The second-order valence-electron chi connectivity index (χ2n) is 5.56. The molecule has 3 heteroatoms. The van der Waals surface area contributed by atoms with Crippen molar-refractivity contribution in [3.8, 4) is 0 Å². The summed E-state index contributed by atoms with van der Waals surface area (Å²) >= 11 is 0. The Morgan fingerprint density at radius 3 is 3.06 bits per heavy atom. The molecule has 3 nitrogen and oxygen atoms in total. The van der Waals surface area contributed by atoms with Crippen molar-refractivity contribution in [2.75, 3.05) is 13.6 Å². The van der Waals surface area contributed by atoms with Gasteiger partial charge in [0.1, 0.15) is 0 Å². The van der Waals surface area contributed by atoms with Gasteiger partial charge in [-0.2, -0.15) is 0 Å². The summed E-state index contributed by atoms with van der Waals surface area (Å²) in [6, 6.07) is 2.74. The fourth-order valence-corrected chi connectivity index (χ4v) is 2.74. The summed E-state index contributed by atoms with van der Waals surface area (Å²) in [6.07, 6.45) is 6.25. The van der Waals surface area contributed by atoms with Crippen molar-refractivity contribution in [2.24, 2.45) is 0 Å². The lowest BCUT2D eigenvalue weighted by Gasteiger charge is -2.25. The maximum Gasteiger partial charge on any atom is 0.0807 e. The van der Waals surface area contributed by atoms with Crippen LogP contribution in [0.25, 0.3) is 0 Å². The molecule has 0 fully saturated rings. The van der Waals surface area contributed by atoms with E-state index in [4.69, 9.17) is 0 Å². The van der Waals surface area contributed by atoms with E-state index in [0.717, 1.165) is 37.9 Å². The lowest BCUT2D eigenvalue weighted by atomic mass is 9.95. The first-order valence-electron chi connectivity index (χ1n) is 7.19. The summed E-state index contributed by atoms with van der Waals surface area (Å²) in [5, 5.41) is 9.95. The van der Waals surface area contributed by atoms with Crippen LogP contribution in [0.5, 0.6) is 0 Å². The summed E-state index contributed by atoms with van der Waals surface area (Å²) in [4.78, 5) is 2.41. The van der Waals surface area contributed by atoms with Crippen molar-refractivity contribution in [1.29, 1.82) is 0 Å². The highest BCUT2D eigenvalue weighted by molar-refractivity contribution is 5.27. The van der Waals surface area contributed by atoms with E-state index < -0.39 is 0 Å². The van der Waals surface area contributed by atoms with Crippen LogP contribution in [-0.4, -0.2) is 34.2 Å². The van der Waals surface area contributed by atoms with E-state index in [1.54, 1.807) is 0 Å². The average molecular weight is 250 g/mol. The van der Waals surface area contributed by atoms with E-state index >= 15 is 0 Å². The minimum Gasteiger partial charge on any atom is -0.388 e. The van der Waals surface area contributed by atoms with Crippen LogP contribution in [-0.2, 0) is 13.0 Å². The van der Waals surface area contributed by atoms with Crippen LogP contribution >= 0.6 is 0 Å². The molecule has 2 atom stereocenters. The standard InChI is InChI=1S/C15H26N2O/c1-4-12(2)16(3)10-11-17-9-8-13-14(17)6-5-7-15(13)18/h8-9,12,15,18H,4-7,10-11H2,1-3H3. The molecule has 0 radical (unpaired) electrons. The first kappa shape index (κ1) is 13.6. The monoisotopic (exact) mass is 250 g/mol. The third-order valence-corrected chi connectivity index (χ3v) is 4.40. The van der Waals surface area contributed by atoms with Crippen LogP contribution < -0.4 is 0 Å². The summed E-state index contributed by atoms with van der Waals surface area (Å²) in [7, 11) is 2.19. The van der Waals surface area contributed by atoms with Crippen LogP contribution in [0.1, 0.15) is 50.5 Å². The zero-order chi connectivity index (χ0) is 13.1. The predicted octanol–water partition coefficient (Wildman–Crippen LogP) is 2.59. The van der Waals surface area contributed by atoms with E-state index in [9.17, 15) is 5.11 Å². The first-order valence-corrected chi connectivity index (χ1v) is 7.19. The molecule has 18 heavy (non-hydrogen) atoms. The lowest BCUT2D eigenvalue weighted by Crippen LogP contribution is -2.31. The van der Waals surface area contributed by atoms with Gasteiger partial charge in [-0.1, -0.05) is 6.92 Å². The maximum atomic E-state index is 9.95. The van der Waals surface area contributed by atoms with E-state index in [-0.39, 0.29) is 6.10 Å². The first-order chi connectivity index (χ1) is 8.63. The van der Waals surface area contributed by atoms with Crippen molar-refractivity contribution in [3.63, 3.8) is 0 Å². The van der Waals surface area contributed by atoms with Gasteiger partial charge in [0.25, 0.3) is 0 Å². The van der Waals surface area contributed by atoms with Gasteiger partial charge in [-0.15, -0.1) is 0 Å². The third-order valence-electron chi connectivity index (χ3n) is 4.40. The van der Waals surface area contributed by atoms with Crippen LogP contribution in [0.2, 0.25) is 0 Å². The summed E-state index contributed by atoms with van der Waals surface area (Å²) in [6.45, 7) is 6.61. The quantitative estimate of drug-likeness (QED) is 0.870. The molecule has 0 aliphatic heterocycles. The summed E-state index contributed by atoms with van der Waals surface area (Å²) in [5.41, 5.74) is 2.51. The highest BCUT2D eigenvalue weighted by Gasteiger charge is 2.21. The van der Waals surface area contributed by atoms with Gasteiger partial charge in [0.05, 0.1) is 6.10 Å². The summed E-state index contributed by atoms with van der Waals surface area (Å²) in [5.74, 6) is 0. The molecule has 1 aromatic heterocycles. The second kappa shape index (κ2) is 5.89. The normalized spacial score (nSPS) is 21.1. The minimum atomic E-state index is -0.234. The molecule has 0 aromatic carbocycles. The number of rotatable bonds is 5. The van der Waals surface area contributed by atoms with Crippen molar-refractivity contribution >= 4 is 0 Å². The van der Waals surface area contributed by atoms with Crippen molar-refractivity contribution in [1.82, 2.24) is 9.47 Å². The Kier molecular flexibility index (Phi) is 4.46. The zero-order valence-electron chi connectivity index (χ0n) is 11.9. The molecule has 0 amide bonds. The maximum absolute atomic E-state index is 9.95. The average Bonchev–Trinajstić information content (AvgIpc) is 2.79. The SMILES string of the molecule is CCC(C)N(C)CCn1ccc2c1CCCC2O. The predicted molar refractivity (Wildman–Crippen MR) is 74.7 cm³/mol. The molecule has 102 valence electrons. The fraction of sp³-hybridized carbons (Fsp3) is 0.733. The third kappa shape index (κ3) is 2.78. The number of likely N-dealkylation sites (N-methyl/N-ethyl adjacent to an activating group) is 1. The molecular formula is C15H26N2O. The highest BCUT2D eigenvalue weighted by Crippen LogP contribution is 2.30. The number of nitrogens with zero attached hydrogens (tertiary/aromatic N) is 2.